The number of rotatable bonds is 5. The van der Waals surface area contributed by atoms with Crippen LogP contribution in [-0.4, -0.2) is 17.6 Å². The average molecular weight is 421 g/mol. The monoisotopic (exact) mass is 420 g/mol. The van der Waals surface area contributed by atoms with E-state index in [1.165, 1.54) is 0 Å². The number of hydrogen-bond donors (Lipinski definition) is 2. The zero-order valence-corrected chi connectivity index (χ0v) is 16.9. The van der Waals surface area contributed by atoms with Crippen LogP contribution in [0.25, 0.3) is 0 Å². The maximum absolute atomic E-state index is 12.4. The number of anilines is 1. The molecular formula is C19H21BrN2O2S. The highest BCUT2D eigenvalue weighted by atomic mass is 79.9. The summed E-state index contributed by atoms with van der Waals surface area (Å²) in [5, 5.41) is 6.08. The number of aryl methyl sites for hydroxylation is 2. The standard InChI is InChI=1S/C19H21BrN2O2S/c1-4-8-24-16-7-5-6-14(11-16)18(23)22-19(25)21-17-12(2)9-15(20)10-13(17)3/h5-7,9-11H,4,8H2,1-3H3,(H2,21,22,23,25). The second-order valence-corrected chi connectivity index (χ2v) is 7.02. The van der Waals surface area contributed by atoms with Crippen LogP contribution in [0, 0.1) is 13.8 Å². The van der Waals surface area contributed by atoms with E-state index in [4.69, 9.17) is 17.0 Å². The number of carbonyl (C=O) groups excluding carboxylic acids is 1. The van der Waals surface area contributed by atoms with Gasteiger partial charge in [0.25, 0.3) is 5.91 Å². The van der Waals surface area contributed by atoms with E-state index in [9.17, 15) is 4.79 Å². The quantitative estimate of drug-likeness (QED) is 0.669. The Bertz CT molecular complexity index is 770. The molecule has 0 heterocycles. The molecule has 0 unspecified atom stereocenters. The van der Waals surface area contributed by atoms with Crippen LogP contribution in [0.15, 0.2) is 40.9 Å². The van der Waals surface area contributed by atoms with Gasteiger partial charge in [-0.1, -0.05) is 28.9 Å². The van der Waals surface area contributed by atoms with Crippen molar-refractivity contribution in [3.63, 3.8) is 0 Å². The van der Waals surface area contributed by atoms with Gasteiger partial charge in [-0.2, -0.15) is 0 Å². The third kappa shape index (κ3) is 5.54. The second kappa shape index (κ2) is 8.97. The fourth-order valence-electron chi connectivity index (χ4n) is 2.37. The SMILES string of the molecule is CCCOc1cccc(C(=O)NC(=S)Nc2c(C)cc(Br)cc2C)c1. The van der Waals surface area contributed by atoms with Crippen molar-refractivity contribution in [1.29, 1.82) is 0 Å². The number of halogens is 1. The van der Waals surface area contributed by atoms with Crippen LogP contribution in [-0.2, 0) is 0 Å². The molecule has 1 amide bonds. The van der Waals surface area contributed by atoms with Gasteiger partial charge in [-0.15, -0.1) is 0 Å². The number of benzene rings is 2. The first-order chi connectivity index (χ1) is 11.9. The molecule has 0 aromatic heterocycles. The molecule has 0 aliphatic rings. The first-order valence-corrected chi connectivity index (χ1v) is 9.22. The predicted molar refractivity (Wildman–Crippen MR) is 110 cm³/mol. The molecule has 2 rings (SSSR count). The van der Waals surface area contributed by atoms with E-state index in [1.54, 1.807) is 18.2 Å². The summed E-state index contributed by atoms with van der Waals surface area (Å²) in [6.07, 6.45) is 0.913. The van der Waals surface area contributed by atoms with Crippen LogP contribution in [0.5, 0.6) is 5.75 Å². The van der Waals surface area contributed by atoms with Gasteiger partial charge in [-0.25, -0.2) is 0 Å². The van der Waals surface area contributed by atoms with Gasteiger partial charge in [0.05, 0.1) is 6.61 Å². The molecule has 6 heteroatoms. The minimum absolute atomic E-state index is 0.262. The highest BCUT2D eigenvalue weighted by Gasteiger charge is 2.11. The molecule has 0 fully saturated rings. The van der Waals surface area contributed by atoms with Gasteiger partial charge in [0.2, 0.25) is 0 Å². The summed E-state index contributed by atoms with van der Waals surface area (Å²) in [6.45, 7) is 6.62. The highest BCUT2D eigenvalue weighted by Crippen LogP contribution is 2.25. The fourth-order valence-corrected chi connectivity index (χ4v) is 3.26. The maximum atomic E-state index is 12.4. The average Bonchev–Trinajstić information content (AvgIpc) is 2.56. The normalized spacial score (nSPS) is 10.2. The molecule has 0 saturated carbocycles. The molecule has 0 saturated heterocycles. The van der Waals surface area contributed by atoms with E-state index < -0.39 is 0 Å². The van der Waals surface area contributed by atoms with Crippen molar-refractivity contribution < 1.29 is 9.53 Å². The summed E-state index contributed by atoms with van der Waals surface area (Å²) in [7, 11) is 0. The van der Waals surface area contributed by atoms with Crippen molar-refractivity contribution in [1.82, 2.24) is 5.32 Å². The van der Waals surface area contributed by atoms with E-state index in [2.05, 4.69) is 26.6 Å². The Hall–Kier alpha value is -1.92. The fraction of sp³-hybridized carbons (Fsp3) is 0.263. The van der Waals surface area contributed by atoms with E-state index in [0.717, 1.165) is 27.7 Å². The molecule has 0 aliphatic carbocycles. The third-order valence-corrected chi connectivity index (χ3v) is 4.19. The molecule has 0 aliphatic heterocycles. The molecule has 2 N–H and O–H groups in total. The first kappa shape index (κ1) is 19.4. The van der Waals surface area contributed by atoms with Gasteiger partial charge in [0.15, 0.2) is 5.11 Å². The van der Waals surface area contributed by atoms with Crippen molar-refractivity contribution in [3.8, 4) is 5.75 Å². The smallest absolute Gasteiger partial charge is 0.257 e. The van der Waals surface area contributed by atoms with Crippen LogP contribution in [0.2, 0.25) is 0 Å². The topological polar surface area (TPSA) is 50.4 Å². The number of ether oxygens (including phenoxy) is 1. The third-order valence-electron chi connectivity index (χ3n) is 3.53. The minimum Gasteiger partial charge on any atom is -0.494 e. The van der Waals surface area contributed by atoms with Gasteiger partial charge in [0, 0.05) is 15.7 Å². The zero-order valence-electron chi connectivity index (χ0n) is 14.5. The molecule has 0 bridgehead atoms. The van der Waals surface area contributed by atoms with E-state index in [-0.39, 0.29) is 11.0 Å². The van der Waals surface area contributed by atoms with Gasteiger partial charge in [0.1, 0.15) is 5.75 Å². The number of nitrogens with one attached hydrogen (secondary N) is 2. The van der Waals surface area contributed by atoms with Crippen LogP contribution >= 0.6 is 28.1 Å². The molecule has 0 atom stereocenters. The Morgan fingerprint density at radius 3 is 2.52 bits per heavy atom. The largest absolute Gasteiger partial charge is 0.494 e. The number of carbonyl (C=O) groups is 1. The zero-order chi connectivity index (χ0) is 18.4. The number of amides is 1. The molecule has 132 valence electrons. The Balaban J connectivity index is 2.04. The molecule has 0 spiro atoms. The predicted octanol–water partition coefficient (Wildman–Crippen LogP) is 4.98. The molecule has 25 heavy (non-hydrogen) atoms. The lowest BCUT2D eigenvalue weighted by atomic mass is 10.1. The van der Waals surface area contributed by atoms with Gasteiger partial charge in [-0.3, -0.25) is 10.1 Å². The van der Waals surface area contributed by atoms with Crippen molar-refractivity contribution >= 4 is 44.9 Å². The number of thiocarbonyl (C=S) groups is 1. The van der Waals surface area contributed by atoms with Crippen molar-refractivity contribution in [2.45, 2.75) is 27.2 Å². The first-order valence-electron chi connectivity index (χ1n) is 8.02. The van der Waals surface area contributed by atoms with E-state index in [1.807, 2.05) is 39.0 Å². The van der Waals surface area contributed by atoms with Crippen molar-refractivity contribution in [2.75, 3.05) is 11.9 Å². The van der Waals surface area contributed by atoms with Crippen LogP contribution in [0.4, 0.5) is 5.69 Å². The van der Waals surface area contributed by atoms with Crippen LogP contribution in [0.1, 0.15) is 34.8 Å². The summed E-state index contributed by atoms with van der Waals surface area (Å²) in [5.74, 6) is 0.403. The van der Waals surface area contributed by atoms with E-state index >= 15 is 0 Å². The summed E-state index contributed by atoms with van der Waals surface area (Å²) in [4.78, 5) is 12.4. The maximum Gasteiger partial charge on any atom is 0.257 e. The van der Waals surface area contributed by atoms with E-state index in [0.29, 0.717) is 17.9 Å². The molecule has 4 nitrogen and oxygen atoms in total. The highest BCUT2D eigenvalue weighted by molar-refractivity contribution is 9.10. The summed E-state index contributed by atoms with van der Waals surface area (Å²) in [6, 6.07) is 11.1. The molecule has 2 aromatic carbocycles. The lowest BCUT2D eigenvalue weighted by Crippen LogP contribution is -2.34. The minimum atomic E-state index is -0.271. The Morgan fingerprint density at radius 2 is 1.88 bits per heavy atom. The molecule has 2 aromatic rings. The molecule has 0 radical (unpaired) electrons. The lowest BCUT2D eigenvalue weighted by molar-refractivity contribution is 0.0977. The van der Waals surface area contributed by atoms with Crippen LogP contribution in [0.3, 0.4) is 0 Å². The van der Waals surface area contributed by atoms with Crippen molar-refractivity contribution in [3.05, 3.63) is 57.6 Å². The summed E-state index contributed by atoms with van der Waals surface area (Å²) >= 11 is 8.75. The second-order valence-electron chi connectivity index (χ2n) is 5.70. The van der Waals surface area contributed by atoms with Gasteiger partial charge < -0.3 is 10.1 Å². The number of hydrogen-bond acceptors (Lipinski definition) is 3. The van der Waals surface area contributed by atoms with Crippen LogP contribution < -0.4 is 15.4 Å². The van der Waals surface area contributed by atoms with Gasteiger partial charge >= 0.3 is 0 Å². The van der Waals surface area contributed by atoms with Crippen molar-refractivity contribution in [2.24, 2.45) is 0 Å². The summed E-state index contributed by atoms with van der Waals surface area (Å²) in [5.41, 5.74) is 3.48. The lowest BCUT2D eigenvalue weighted by Gasteiger charge is -2.15. The van der Waals surface area contributed by atoms with Gasteiger partial charge in [-0.05, 0) is 73.9 Å². The summed E-state index contributed by atoms with van der Waals surface area (Å²) < 4.78 is 6.56. The Kier molecular flexibility index (Phi) is 6.96. The Morgan fingerprint density at radius 1 is 1.20 bits per heavy atom. The molecular weight excluding hydrogens is 400 g/mol. The Labute approximate surface area is 162 Å².